The van der Waals surface area contributed by atoms with Gasteiger partial charge in [0.2, 0.25) is 0 Å². The number of hydrogen-bond acceptors (Lipinski definition) is 2. The van der Waals surface area contributed by atoms with Gasteiger partial charge in [0.1, 0.15) is 0 Å². The first kappa shape index (κ1) is 9.21. The van der Waals surface area contributed by atoms with Gasteiger partial charge in [-0.1, -0.05) is 0 Å². The Labute approximate surface area is 60.5 Å². The number of aliphatic hydroxyl groups excluding tert-OH is 2. The van der Waals surface area contributed by atoms with Crippen LogP contribution in [0.3, 0.4) is 0 Å². The minimum Gasteiger partial charge on any atom is -0.394 e. The topological polar surface area (TPSA) is 40.5 Å². The van der Waals surface area contributed by atoms with Crippen LogP contribution in [0.5, 0.6) is 0 Å². The number of halogens is 1. The van der Waals surface area contributed by atoms with Gasteiger partial charge in [-0.15, -0.1) is 11.6 Å². The first-order valence-corrected chi connectivity index (χ1v) is 3.69. The molecule has 0 aromatic rings. The number of alkyl halides is 1. The van der Waals surface area contributed by atoms with Gasteiger partial charge >= 0.3 is 0 Å². The minimum atomic E-state index is -0.548. The Bertz CT molecular complexity index is 59.0. The van der Waals surface area contributed by atoms with Crippen molar-refractivity contribution >= 4 is 11.6 Å². The van der Waals surface area contributed by atoms with Gasteiger partial charge in [0.25, 0.3) is 0 Å². The van der Waals surface area contributed by atoms with Crippen molar-refractivity contribution in [2.75, 3.05) is 12.5 Å². The van der Waals surface area contributed by atoms with Crippen LogP contribution in [-0.4, -0.2) is 28.8 Å². The van der Waals surface area contributed by atoms with Gasteiger partial charge in [-0.05, 0) is 19.3 Å². The highest BCUT2D eigenvalue weighted by atomic mass is 35.5. The van der Waals surface area contributed by atoms with E-state index in [0.29, 0.717) is 12.3 Å². The predicted molar refractivity (Wildman–Crippen MR) is 37.7 cm³/mol. The largest absolute Gasteiger partial charge is 0.394 e. The fourth-order valence-electron chi connectivity index (χ4n) is 0.566. The van der Waals surface area contributed by atoms with Gasteiger partial charge in [-0.2, -0.15) is 0 Å². The number of rotatable bonds is 5. The molecule has 56 valence electrons. The highest BCUT2D eigenvalue weighted by Crippen LogP contribution is 2.00. The van der Waals surface area contributed by atoms with Crippen LogP contribution >= 0.6 is 11.6 Å². The molecule has 0 aromatic heterocycles. The zero-order valence-corrected chi connectivity index (χ0v) is 6.14. The Morgan fingerprint density at radius 2 is 2.00 bits per heavy atom. The fourth-order valence-corrected chi connectivity index (χ4v) is 0.755. The zero-order chi connectivity index (χ0) is 7.11. The second-order valence-corrected chi connectivity index (χ2v) is 2.40. The van der Waals surface area contributed by atoms with E-state index in [1.807, 2.05) is 0 Å². The lowest BCUT2D eigenvalue weighted by molar-refractivity contribution is 0.0865. The Balaban J connectivity index is 2.88. The molecule has 0 saturated heterocycles. The Kier molecular flexibility index (Phi) is 6.48. The standard InChI is InChI=1S/C6H13ClO2/c7-4-2-1-3-6(9)5-8/h6,8-9H,1-5H2. The van der Waals surface area contributed by atoms with E-state index in [-0.39, 0.29) is 6.61 Å². The molecule has 2 N–H and O–H groups in total. The molecule has 0 amide bonds. The summed E-state index contributed by atoms with van der Waals surface area (Å²) in [6.45, 7) is -0.137. The molecular weight excluding hydrogens is 140 g/mol. The molecule has 0 aliphatic carbocycles. The SMILES string of the molecule is OCC(O)CCCCCl. The lowest BCUT2D eigenvalue weighted by Gasteiger charge is -2.03. The molecule has 3 heteroatoms. The van der Waals surface area contributed by atoms with E-state index < -0.39 is 6.10 Å². The highest BCUT2D eigenvalue weighted by Gasteiger charge is 1.99. The molecule has 0 saturated carbocycles. The third-order valence-corrected chi connectivity index (χ3v) is 1.40. The second-order valence-electron chi connectivity index (χ2n) is 2.02. The number of unbranched alkanes of at least 4 members (excludes halogenated alkanes) is 1. The number of hydrogen-bond donors (Lipinski definition) is 2. The first-order chi connectivity index (χ1) is 4.31. The lowest BCUT2D eigenvalue weighted by atomic mass is 10.2. The number of aliphatic hydroxyl groups is 2. The molecule has 0 aromatic carbocycles. The molecule has 0 aliphatic heterocycles. The van der Waals surface area contributed by atoms with Crippen LogP contribution in [0.1, 0.15) is 19.3 Å². The summed E-state index contributed by atoms with van der Waals surface area (Å²) in [5.41, 5.74) is 0. The van der Waals surface area contributed by atoms with Crippen molar-refractivity contribution in [1.29, 1.82) is 0 Å². The quantitative estimate of drug-likeness (QED) is 0.451. The molecule has 0 spiro atoms. The summed E-state index contributed by atoms with van der Waals surface area (Å²) in [6, 6.07) is 0. The second kappa shape index (κ2) is 6.33. The van der Waals surface area contributed by atoms with E-state index in [9.17, 15) is 0 Å². The smallest absolute Gasteiger partial charge is 0.0770 e. The van der Waals surface area contributed by atoms with Crippen LogP contribution in [0.2, 0.25) is 0 Å². The van der Waals surface area contributed by atoms with Crippen molar-refractivity contribution in [1.82, 2.24) is 0 Å². The Morgan fingerprint density at radius 3 is 2.44 bits per heavy atom. The Hall–Kier alpha value is 0.210. The molecule has 2 nitrogen and oxygen atoms in total. The van der Waals surface area contributed by atoms with Crippen molar-refractivity contribution in [3.8, 4) is 0 Å². The van der Waals surface area contributed by atoms with Crippen LogP contribution in [0.15, 0.2) is 0 Å². The maximum Gasteiger partial charge on any atom is 0.0770 e. The van der Waals surface area contributed by atoms with Crippen LogP contribution in [0.4, 0.5) is 0 Å². The first-order valence-electron chi connectivity index (χ1n) is 3.16. The molecule has 0 bridgehead atoms. The zero-order valence-electron chi connectivity index (χ0n) is 5.39. The summed E-state index contributed by atoms with van der Waals surface area (Å²) in [5.74, 6) is 0.637. The van der Waals surface area contributed by atoms with Crippen molar-refractivity contribution in [2.24, 2.45) is 0 Å². The van der Waals surface area contributed by atoms with Crippen molar-refractivity contribution in [2.45, 2.75) is 25.4 Å². The summed E-state index contributed by atoms with van der Waals surface area (Å²) >= 11 is 5.38. The van der Waals surface area contributed by atoms with Gasteiger partial charge in [0.05, 0.1) is 12.7 Å². The van der Waals surface area contributed by atoms with Crippen molar-refractivity contribution in [3.05, 3.63) is 0 Å². The van der Waals surface area contributed by atoms with Gasteiger partial charge in [0, 0.05) is 5.88 Å². The third-order valence-electron chi connectivity index (χ3n) is 1.13. The van der Waals surface area contributed by atoms with E-state index in [1.54, 1.807) is 0 Å². The molecular formula is C6H13ClO2. The van der Waals surface area contributed by atoms with Crippen molar-refractivity contribution in [3.63, 3.8) is 0 Å². The summed E-state index contributed by atoms with van der Waals surface area (Å²) in [6.07, 6.45) is 1.92. The molecule has 0 heterocycles. The van der Waals surface area contributed by atoms with Crippen LogP contribution in [0, 0.1) is 0 Å². The molecule has 0 fully saturated rings. The van der Waals surface area contributed by atoms with E-state index in [2.05, 4.69) is 0 Å². The molecule has 9 heavy (non-hydrogen) atoms. The highest BCUT2D eigenvalue weighted by molar-refractivity contribution is 6.17. The van der Waals surface area contributed by atoms with Crippen LogP contribution < -0.4 is 0 Å². The van der Waals surface area contributed by atoms with Gasteiger partial charge in [0.15, 0.2) is 0 Å². The molecule has 1 atom stereocenters. The third kappa shape index (κ3) is 6.09. The maximum atomic E-state index is 8.79. The predicted octanol–water partition coefficient (Wildman–Crippen LogP) is 0.749. The molecule has 0 radical (unpaired) electrons. The summed E-state index contributed by atoms with van der Waals surface area (Å²) in [5, 5.41) is 17.1. The van der Waals surface area contributed by atoms with E-state index >= 15 is 0 Å². The Morgan fingerprint density at radius 1 is 1.33 bits per heavy atom. The van der Waals surface area contributed by atoms with E-state index in [4.69, 9.17) is 21.8 Å². The lowest BCUT2D eigenvalue weighted by Crippen LogP contribution is -2.11. The fraction of sp³-hybridized carbons (Fsp3) is 1.00. The molecule has 1 unspecified atom stereocenters. The summed E-state index contributed by atoms with van der Waals surface area (Å²) in [4.78, 5) is 0. The average Bonchev–Trinajstić information content (AvgIpc) is 1.89. The minimum absolute atomic E-state index is 0.137. The molecule has 0 rings (SSSR count). The van der Waals surface area contributed by atoms with Gasteiger partial charge in [-0.3, -0.25) is 0 Å². The van der Waals surface area contributed by atoms with E-state index in [1.165, 1.54) is 0 Å². The summed E-state index contributed by atoms with van der Waals surface area (Å²) < 4.78 is 0. The van der Waals surface area contributed by atoms with Gasteiger partial charge in [-0.25, -0.2) is 0 Å². The monoisotopic (exact) mass is 152 g/mol. The van der Waals surface area contributed by atoms with Crippen molar-refractivity contribution < 1.29 is 10.2 Å². The van der Waals surface area contributed by atoms with E-state index in [0.717, 1.165) is 12.8 Å². The average molecular weight is 153 g/mol. The summed E-state index contributed by atoms with van der Waals surface area (Å²) in [7, 11) is 0. The maximum absolute atomic E-state index is 8.79. The molecule has 0 aliphatic rings. The van der Waals surface area contributed by atoms with Crippen LogP contribution in [-0.2, 0) is 0 Å². The van der Waals surface area contributed by atoms with Gasteiger partial charge < -0.3 is 10.2 Å². The normalized spacial score (nSPS) is 13.7. The van der Waals surface area contributed by atoms with Crippen LogP contribution in [0.25, 0.3) is 0 Å².